The van der Waals surface area contributed by atoms with Crippen LogP contribution in [0.4, 0.5) is 13.2 Å². The molecule has 3 unspecified atom stereocenters. The van der Waals surface area contributed by atoms with E-state index >= 15 is 0 Å². The molecule has 1 aliphatic carbocycles. The van der Waals surface area contributed by atoms with Crippen LogP contribution in [-0.4, -0.2) is 47.8 Å². The summed E-state index contributed by atoms with van der Waals surface area (Å²) in [6.45, 7) is 3.69. The summed E-state index contributed by atoms with van der Waals surface area (Å²) in [4.78, 5) is 2.34. The Morgan fingerprint density at radius 3 is 2.54 bits per heavy atom. The molecule has 1 saturated carbocycles. The topological polar surface area (TPSA) is 35.5 Å². The zero-order chi connectivity index (χ0) is 18.9. The van der Waals surface area contributed by atoms with Crippen molar-refractivity contribution in [2.75, 3.05) is 20.1 Å². The third-order valence-electron chi connectivity index (χ3n) is 6.41. The van der Waals surface area contributed by atoms with Crippen molar-refractivity contribution in [1.82, 2.24) is 10.2 Å². The summed E-state index contributed by atoms with van der Waals surface area (Å²) >= 11 is 0. The molecule has 0 spiro atoms. The quantitative estimate of drug-likeness (QED) is 0.713. The zero-order valence-electron chi connectivity index (χ0n) is 16.3. The lowest BCUT2D eigenvalue weighted by molar-refractivity contribution is -0.137. The van der Waals surface area contributed by atoms with Crippen molar-refractivity contribution in [3.05, 3.63) is 35.4 Å². The average Bonchev–Trinajstić information content (AvgIpc) is 3.09. The van der Waals surface area contributed by atoms with Crippen LogP contribution in [0.5, 0.6) is 0 Å². The molecule has 2 N–H and O–H groups in total. The molecule has 162 valence electrons. The first kappa shape index (κ1) is 25.5. The van der Waals surface area contributed by atoms with Crippen molar-refractivity contribution in [2.45, 2.75) is 68.8 Å². The largest absolute Gasteiger partial charge is 0.416 e. The van der Waals surface area contributed by atoms with E-state index in [0.29, 0.717) is 18.0 Å². The van der Waals surface area contributed by atoms with Crippen molar-refractivity contribution < 1.29 is 18.3 Å². The fourth-order valence-electron chi connectivity index (χ4n) is 4.75. The lowest BCUT2D eigenvalue weighted by atomic mass is 9.70. The molecule has 0 amide bonds. The number of likely N-dealkylation sites (tertiary alicyclic amines) is 1. The van der Waals surface area contributed by atoms with Crippen LogP contribution < -0.4 is 5.32 Å². The highest BCUT2D eigenvalue weighted by Gasteiger charge is 2.48. The average molecular weight is 443 g/mol. The lowest BCUT2D eigenvalue weighted by Crippen LogP contribution is -2.57. The van der Waals surface area contributed by atoms with Crippen LogP contribution in [0.1, 0.15) is 56.1 Å². The van der Waals surface area contributed by atoms with Gasteiger partial charge in [-0.05, 0) is 37.9 Å². The van der Waals surface area contributed by atoms with E-state index in [4.69, 9.17) is 0 Å². The molecule has 0 bridgehead atoms. The first-order valence-corrected chi connectivity index (χ1v) is 9.56. The molecule has 0 radical (unpaired) electrons. The summed E-state index contributed by atoms with van der Waals surface area (Å²) in [6, 6.07) is 5.88. The van der Waals surface area contributed by atoms with E-state index in [-0.39, 0.29) is 36.8 Å². The number of hydrogen-bond donors (Lipinski definition) is 2. The smallest absolute Gasteiger partial charge is 0.388 e. The maximum atomic E-state index is 13.1. The molecular formula is C20H31Cl2F3N2O. The molecule has 1 saturated heterocycles. The standard InChI is InChI=1S/C20H29F3N2O.2ClH/c1-14(15-6-5-7-16(12-15)20(21,22)23)19(26)10-4-3-8-18(19)25-11-9-17(13-25)24-2;;/h5-7,12,14,17-18,24,26H,3-4,8-11,13H2,1-2H3;2*1H/t14?,17-,18?,19?;;/m1../s1. The number of benzene rings is 1. The van der Waals surface area contributed by atoms with E-state index in [1.807, 2.05) is 14.0 Å². The molecule has 8 heteroatoms. The Morgan fingerprint density at radius 2 is 1.93 bits per heavy atom. The molecule has 1 aromatic carbocycles. The van der Waals surface area contributed by atoms with E-state index in [0.717, 1.165) is 44.8 Å². The fraction of sp³-hybridized carbons (Fsp3) is 0.700. The molecule has 1 heterocycles. The van der Waals surface area contributed by atoms with Crippen LogP contribution in [0.2, 0.25) is 0 Å². The molecule has 3 rings (SSSR count). The molecule has 0 aromatic heterocycles. The number of halogens is 5. The third-order valence-corrected chi connectivity index (χ3v) is 6.41. The second kappa shape index (κ2) is 9.98. The van der Waals surface area contributed by atoms with Gasteiger partial charge in [0.2, 0.25) is 0 Å². The molecule has 2 aliphatic rings. The first-order chi connectivity index (χ1) is 12.3. The van der Waals surface area contributed by atoms with Crippen LogP contribution in [0.15, 0.2) is 24.3 Å². The molecular weight excluding hydrogens is 412 g/mol. The van der Waals surface area contributed by atoms with Crippen molar-refractivity contribution in [3.63, 3.8) is 0 Å². The summed E-state index contributed by atoms with van der Waals surface area (Å²) < 4.78 is 39.3. The number of aliphatic hydroxyl groups is 1. The summed E-state index contributed by atoms with van der Waals surface area (Å²) in [6.07, 6.45) is 0.189. The summed E-state index contributed by atoms with van der Waals surface area (Å²) in [5.41, 5.74) is -1.07. The van der Waals surface area contributed by atoms with Crippen molar-refractivity contribution in [2.24, 2.45) is 0 Å². The Balaban J connectivity index is 0.00000196. The highest BCUT2D eigenvalue weighted by atomic mass is 35.5. The second-order valence-electron chi connectivity index (χ2n) is 7.87. The van der Waals surface area contributed by atoms with E-state index in [2.05, 4.69) is 10.2 Å². The Bertz CT molecular complexity index is 632. The van der Waals surface area contributed by atoms with Gasteiger partial charge in [-0.25, -0.2) is 0 Å². The highest BCUT2D eigenvalue weighted by molar-refractivity contribution is 5.85. The van der Waals surface area contributed by atoms with Crippen molar-refractivity contribution in [3.8, 4) is 0 Å². The molecule has 28 heavy (non-hydrogen) atoms. The van der Waals surface area contributed by atoms with Gasteiger partial charge < -0.3 is 10.4 Å². The van der Waals surface area contributed by atoms with Gasteiger partial charge in [-0.1, -0.05) is 38.0 Å². The predicted molar refractivity (Wildman–Crippen MR) is 111 cm³/mol. The van der Waals surface area contributed by atoms with Crippen molar-refractivity contribution >= 4 is 24.8 Å². The number of hydrogen-bond acceptors (Lipinski definition) is 3. The predicted octanol–water partition coefficient (Wildman–Crippen LogP) is 4.62. The maximum absolute atomic E-state index is 13.1. The summed E-state index contributed by atoms with van der Waals surface area (Å²) in [5, 5.41) is 14.9. The summed E-state index contributed by atoms with van der Waals surface area (Å²) in [5.74, 6) is -0.344. The van der Waals surface area contributed by atoms with E-state index in [1.165, 1.54) is 12.1 Å². The number of likely N-dealkylation sites (N-methyl/N-ethyl adjacent to an activating group) is 1. The van der Waals surface area contributed by atoms with Gasteiger partial charge in [0.1, 0.15) is 0 Å². The van der Waals surface area contributed by atoms with E-state index < -0.39 is 17.3 Å². The molecule has 1 aromatic rings. The Morgan fingerprint density at radius 1 is 1.21 bits per heavy atom. The Kier molecular flexibility index (Phi) is 9.10. The van der Waals surface area contributed by atoms with Crippen LogP contribution in [0.3, 0.4) is 0 Å². The molecule has 4 atom stereocenters. The van der Waals surface area contributed by atoms with Gasteiger partial charge in [0.05, 0.1) is 11.2 Å². The Labute approximate surface area is 177 Å². The number of rotatable bonds is 4. The van der Waals surface area contributed by atoms with E-state index in [1.54, 1.807) is 6.07 Å². The minimum Gasteiger partial charge on any atom is -0.388 e. The fourth-order valence-corrected chi connectivity index (χ4v) is 4.75. The SMILES string of the molecule is CN[C@@H]1CCN(C2CCCCC2(O)C(C)c2cccc(C(F)(F)F)c2)C1.Cl.Cl. The monoisotopic (exact) mass is 442 g/mol. The van der Waals surface area contributed by atoms with Gasteiger partial charge in [-0.15, -0.1) is 24.8 Å². The van der Waals surface area contributed by atoms with Crippen molar-refractivity contribution in [1.29, 1.82) is 0 Å². The molecule has 2 fully saturated rings. The van der Waals surface area contributed by atoms with Gasteiger partial charge >= 0.3 is 6.18 Å². The Hall–Kier alpha value is -0.530. The van der Waals surface area contributed by atoms with Gasteiger partial charge in [-0.3, -0.25) is 4.90 Å². The van der Waals surface area contributed by atoms with Crippen LogP contribution in [0.25, 0.3) is 0 Å². The van der Waals surface area contributed by atoms with Crippen LogP contribution in [0, 0.1) is 0 Å². The molecule has 1 aliphatic heterocycles. The van der Waals surface area contributed by atoms with Gasteiger partial charge in [0.15, 0.2) is 0 Å². The van der Waals surface area contributed by atoms with Gasteiger partial charge in [0.25, 0.3) is 0 Å². The lowest BCUT2D eigenvalue weighted by Gasteiger charge is -2.48. The van der Waals surface area contributed by atoms with E-state index in [9.17, 15) is 18.3 Å². The minimum atomic E-state index is -4.36. The second-order valence-corrected chi connectivity index (χ2v) is 7.87. The normalized spacial score (nSPS) is 29.6. The summed E-state index contributed by atoms with van der Waals surface area (Å²) in [7, 11) is 1.95. The van der Waals surface area contributed by atoms with Crippen LogP contribution in [-0.2, 0) is 6.18 Å². The van der Waals surface area contributed by atoms with Gasteiger partial charge in [0, 0.05) is 31.1 Å². The first-order valence-electron chi connectivity index (χ1n) is 9.56. The highest BCUT2D eigenvalue weighted by Crippen LogP contribution is 2.44. The zero-order valence-corrected chi connectivity index (χ0v) is 18.0. The number of nitrogens with zero attached hydrogens (tertiary/aromatic N) is 1. The maximum Gasteiger partial charge on any atom is 0.416 e. The number of nitrogens with one attached hydrogen (secondary N) is 1. The van der Waals surface area contributed by atoms with Gasteiger partial charge in [-0.2, -0.15) is 13.2 Å². The van der Waals surface area contributed by atoms with Crippen LogP contribution >= 0.6 is 24.8 Å². The third kappa shape index (κ3) is 5.14. The number of alkyl halides is 3. The minimum absolute atomic E-state index is 0. The molecule has 3 nitrogen and oxygen atoms in total.